The summed E-state index contributed by atoms with van der Waals surface area (Å²) >= 11 is 0. The molecule has 0 aromatic heterocycles. The smallest absolute Gasteiger partial charge is 0.221 e. The van der Waals surface area contributed by atoms with E-state index in [0.717, 1.165) is 13.0 Å². The minimum atomic E-state index is 0.156. The zero-order valence-electron chi connectivity index (χ0n) is 9.73. The van der Waals surface area contributed by atoms with Crippen molar-refractivity contribution in [2.45, 2.75) is 52.0 Å². The topological polar surface area (TPSA) is 41.1 Å². The summed E-state index contributed by atoms with van der Waals surface area (Å²) in [5.74, 6) is 0.156. The van der Waals surface area contributed by atoms with E-state index in [1.807, 2.05) is 7.05 Å². The van der Waals surface area contributed by atoms with Crippen molar-refractivity contribution >= 4 is 5.91 Å². The zero-order chi connectivity index (χ0) is 10.8. The lowest BCUT2D eigenvalue weighted by Crippen LogP contribution is -2.33. The van der Waals surface area contributed by atoms with E-state index in [4.69, 9.17) is 0 Å². The van der Waals surface area contributed by atoms with Crippen LogP contribution in [0.3, 0.4) is 0 Å². The molecule has 0 saturated carbocycles. The first-order chi connectivity index (χ1) is 6.70. The van der Waals surface area contributed by atoms with Gasteiger partial charge < -0.3 is 10.6 Å². The average molecular weight is 200 g/mol. The van der Waals surface area contributed by atoms with E-state index in [-0.39, 0.29) is 5.91 Å². The molecular formula is C11H24N2O. The van der Waals surface area contributed by atoms with Gasteiger partial charge in [0.2, 0.25) is 5.91 Å². The summed E-state index contributed by atoms with van der Waals surface area (Å²) in [6.07, 6.45) is 5.38. The molecule has 3 heteroatoms. The van der Waals surface area contributed by atoms with Gasteiger partial charge >= 0.3 is 0 Å². The van der Waals surface area contributed by atoms with Crippen LogP contribution >= 0.6 is 0 Å². The van der Waals surface area contributed by atoms with Gasteiger partial charge in [-0.2, -0.15) is 0 Å². The van der Waals surface area contributed by atoms with Crippen LogP contribution in [0.2, 0.25) is 0 Å². The molecule has 1 unspecified atom stereocenters. The van der Waals surface area contributed by atoms with E-state index in [1.165, 1.54) is 19.3 Å². The van der Waals surface area contributed by atoms with Crippen molar-refractivity contribution < 1.29 is 4.79 Å². The SMILES string of the molecule is CCCCCC(C)NC(=O)CCNC. The molecule has 0 fully saturated rings. The Hall–Kier alpha value is -0.570. The summed E-state index contributed by atoms with van der Waals surface area (Å²) in [7, 11) is 1.86. The molecule has 0 saturated heterocycles. The summed E-state index contributed by atoms with van der Waals surface area (Å²) < 4.78 is 0. The molecule has 0 aliphatic heterocycles. The lowest BCUT2D eigenvalue weighted by atomic mass is 10.1. The van der Waals surface area contributed by atoms with E-state index >= 15 is 0 Å². The van der Waals surface area contributed by atoms with Crippen molar-refractivity contribution in [3.8, 4) is 0 Å². The van der Waals surface area contributed by atoms with Crippen LogP contribution in [-0.2, 0) is 4.79 Å². The van der Waals surface area contributed by atoms with Gasteiger partial charge in [-0.05, 0) is 20.4 Å². The van der Waals surface area contributed by atoms with Crippen molar-refractivity contribution in [1.82, 2.24) is 10.6 Å². The normalized spacial score (nSPS) is 12.5. The number of carbonyl (C=O) groups is 1. The fourth-order valence-corrected chi connectivity index (χ4v) is 1.36. The van der Waals surface area contributed by atoms with Gasteiger partial charge in [-0.25, -0.2) is 0 Å². The van der Waals surface area contributed by atoms with Gasteiger partial charge in [0.15, 0.2) is 0 Å². The Morgan fingerprint density at radius 2 is 2.07 bits per heavy atom. The summed E-state index contributed by atoms with van der Waals surface area (Å²) in [6.45, 7) is 5.02. The third kappa shape index (κ3) is 8.05. The van der Waals surface area contributed by atoms with Crippen LogP contribution in [0.1, 0.15) is 46.0 Å². The lowest BCUT2D eigenvalue weighted by Gasteiger charge is -2.13. The van der Waals surface area contributed by atoms with Crippen LogP contribution in [0.5, 0.6) is 0 Å². The Labute approximate surface area is 87.6 Å². The molecule has 0 bridgehead atoms. The summed E-state index contributed by atoms with van der Waals surface area (Å²) in [4.78, 5) is 11.3. The first-order valence-electron chi connectivity index (χ1n) is 5.64. The molecule has 84 valence electrons. The van der Waals surface area contributed by atoms with Crippen LogP contribution in [0.25, 0.3) is 0 Å². The zero-order valence-corrected chi connectivity index (χ0v) is 9.73. The van der Waals surface area contributed by atoms with Crippen molar-refractivity contribution in [2.24, 2.45) is 0 Å². The van der Waals surface area contributed by atoms with Gasteiger partial charge in [-0.15, -0.1) is 0 Å². The molecule has 0 aliphatic rings. The minimum absolute atomic E-state index is 0.156. The Morgan fingerprint density at radius 1 is 1.36 bits per heavy atom. The monoisotopic (exact) mass is 200 g/mol. The van der Waals surface area contributed by atoms with Gasteiger partial charge in [0.1, 0.15) is 0 Å². The van der Waals surface area contributed by atoms with Gasteiger partial charge in [0, 0.05) is 19.0 Å². The molecule has 14 heavy (non-hydrogen) atoms. The molecule has 3 nitrogen and oxygen atoms in total. The van der Waals surface area contributed by atoms with Gasteiger partial charge in [0.25, 0.3) is 0 Å². The second kappa shape index (κ2) is 9.00. The Morgan fingerprint density at radius 3 is 2.64 bits per heavy atom. The van der Waals surface area contributed by atoms with Crippen molar-refractivity contribution in [1.29, 1.82) is 0 Å². The quantitative estimate of drug-likeness (QED) is 0.585. The summed E-state index contributed by atoms with van der Waals surface area (Å²) in [5.41, 5.74) is 0. The van der Waals surface area contributed by atoms with Gasteiger partial charge in [-0.1, -0.05) is 26.2 Å². The highest BCUT2D eigenvalue weighted by atomic mass is 16.1. The maximum atomic E-state index is 11.3. The Bertz CT molecular complexity index is 148. The first-order valence-corrected chi connectivity index (χ1v) is 5.64. The van der Waals surface area contributed by atoms with E-state index in [9.17, 15) is 4.79 Å². The van der Waals surface area contributed by atoms with Crippen LogP contribution in [-0.4, -0.2) is 25.5 Å². The molecule has 0 heterocycles. The number of carbonyl (C=O) groups excluding carboxylic acids is 1. The highest BCUT2D eigenvalue weighted by molar-refractivity contribution is 5.76. The Kier molecular flexibility index (Phi) is 8.64. The van der Waals surface area contributed by atoms with E-state index in [0.29, 0.717) is 12.5 Å². The number of amides is 1. The van der Waals surface area contributed by atoms with E-state index < -0.39 is 0 Å². The fourth-order valence-electron chi connectivity index (χ4n) is 1.36. The largest absolute Gasteiger partial charge is 0.354 e. The third-order valence-corrected chi connectivity index (χ3v) is 2.25. The number of rotatable bonds is 8. The van der Waals surface area contributed by atoms with Crippen molar-refractivity contribution in [3.63, 3.8) is 0 Å². The second-order valence-corrected chi connectivity index (χ2v) is 3.82. The van der Waals surface area contributed by atoms with Crippen LogP contribution in [0, 0.1) is 0 Å². The average Bonchev–Trinajstić information content (AvgIpc) is 2.15. The van der Waals surface area contributed by atoms with Crippen molar-refractivity contribution in [2.75, 3.05) is 13.6 Å². The molecule has 0 aliphatic carbocycles. The molecule has 2 N–H and O–H groups in total. The van der Waals surface area contributed by atoms with Gasteiger partial charge in [-0.3, -0.25) is 4.79 Å². The maximum absolute atomic E-state index is 11.3. The number of unbranched alkanes of at least 4 members (excludes halogenated alkanes) is 2. The van der Waals surface area contributed by atoms with Gasteiger partial charge in [0.05, 0.1) is 0 Å². The lowest BCUT2D eigenvalue weighted by molar-refractivity contribution is -0.121. The molecule has 1 amide bonds. The second-order valence-electron chi connectivity index (χ2n) is 3.82. The molecular weight excluding hydrogens is 176 g/mol. The highest BCUT2D eigenvalue weighted by Gasteiger charge is 2.05. The predicted octanol–water partition coefficient (Wildman–Crippen LogP) is 1.68. The van der Waals surface area contributed by atoms with Crippen LogP contribution < -0.4 is 10.6 Å². The number of nitrogens with one attached hydrogen (secondary N) is 2. The third-order valence-electron chi connectivity index (χ3n) is 2.25. The molecule has 0 rings (SSSR count). The molecule has 0 spiro atoms. The highest BCUT2D eigenvalue weighted by Crippen LogP contribution is 2.02. The molecule has 0 radical (unpaired) electrons. The number of hydrogen-bond donors (Lipinski definition) is 2. The van der Waals surface area contributed by atoms with E-state index in [1.54, 1.807) is 0 Å². The van der Waals surface area contributed by atoms with E-state index in [2.05, 4.69) is 24.5 Å². The number of hydrogen-bond acceptors (Lipinski definition) is 2. The van der Waals surface area contributed by atoms with Crippen molar-refractivity contribution in [3.05, 3.63) is 0 Å². The molecule has 0 aromatic carbocycles. The fraction of sp³-hybridized carbons (Fsp3) is 0.909. The maximum Gasteiger partial charge on any atom is 0.221 e. The molecule has 0 aromatic rings. The summed E-state index contributed by atoms with van der Waals surface area (Å²) in [5, 5.41) is 5.96. The Balaban J connectivity index is 3.40. The summed E-state index contributed by atoms with van der Waals surface area (Å²) in [6, 6.07) is 0.325. The van der Waals surface area contributed by atoms with Crippen LogP contribution in [0.15, 0.2) is 0 Å². The molecule has 1 atom stereocenters. The standard InChI is InChI=1S/C11H24N2O/c1-4-5-6-7-10(2)13-11(14)8-9-12-3/h10,12H,4-9H2,1-3H3,(H,13,14). The first kappa shape index (κ1) is 13.4. The minimum Gasteiger partial charge on any atom is -0.354 e. The van der Waals surface area contributed by atoms with Crippen LogP contribution in [0.4, 0.5) is 0 Å². The predicted molar refractivity (Wildman–Crippen MR) is 60.3 cm³/mol.